The number of nitrogens with zero attached hydrogens (tertiary/aromatic N) is 1. The lowest BCUT2D eigenvalue weighted by Crippen LogP contribution is -2.52. The average Bonchev–Trinajstić information content (AvgIpc) is 2.84. The zero-order chi connectivity index (χ0) is 23.9. The topological polar surface area (TPSA) is 86.1 Å². The van der Waals surface area contributed by atoms with E-state index in [1.54, 1.807) is 42.3 Å². The predicted octanol–water partition coefficient (Wildman–Crippen LogP) is 4.15. The summed E-state index contributed by atoms with van der Waals surface area (Å²) in [6.07, 6.45) is 5.67. The van der Waals surface area contributed by atoms with E-state index >= 15 is 0 Å². The molecule has 0 radical (unpaired) electrons. The number of hydrogen-bond donors (Lipinski definition) is 0. The van der Waals surface area contributed by atoms with E-state index in [4.69, 9.17) is 13.9 Å². The van der Waals surface area contributed by atoms with E-state index in [-0.39, 0.29) is 17.1 Å². The van der Waals surface area contributed by atoms with Gasteiger partial charge in [0.05, 0.1) is 30.0 Å². The van der Waals surface area contributed by atoms with Crippen LogP contribution in [0.25, 0.3) is 17.0 Å². The molecular weight excluding hydrogens is 434 g/mol. The number of methoxy groups -OCH3 is 1. The molecule has 174 valence electrons. The van der Waals surface area contributed by atoms with Gasteiger partial charge in [0.15, 0.2) is 11.2 Å². The van der Waals surface area contributed by atoms with Crippen LogP contribution in [0.1, 0.15) is 40.7 Å². The summed E-state index contributed by atoms with van der Waals surface area (Å²) < 4.78 is 17.1. The number of rotatable bonds is 3. The molecule has 1 amide bonds. The predicted molar refractivity (Wildman–Crippen MR) is 127 cm³/mol. The number of ether oxygens (including phenoxy) is 2. The van der Waals surface area contributed by atoms with Crippen molar-refractivity contribution in [3.05, 3.63) is 75.7 Å². The molecule has 0 bridgehead atoms. The Bertz CT molecular complexity index is 1380. The standard InChI is InChI=1S/C27H25NO6/c1-17-3-7-23-21(13-17)26(31)18(16-33-23)4-8-25(30)28-11-9-27(10-12-28)15-22(29)20-6-5-19(32-2)14-24(20)34-27/h3-8,13-14,16H,9-12,15H2,1-2H3/b8-4+. The Balaban J connectivity index is 1.28. The first-order valence-corrected chi connectivity index (χ1v) is 11.3. The Morgan fingerprint density at radius 2 is 1.91 bits per heavy atom. The van der Waals surface area contributed by atoms with E-state index < -0.39 is 5.60 Å². The van der Waals surface area contributed by atoms with E-state index in [9.17, 15) is 14.4 Å². The Morgan fingerprint density at radius 1 is 1.12 bits per heavy atom. The highest BCUT2D eigenvalue weighted by molar-refractivity contribution is 6.00. The van der Waals surface area contributed by atoms with Gasteiger partial charge in [-0.25, -0.2) is 0 Å². The third-order valence-electron chi connectivity index (χ3n) is 6.64. The minimum absolute atomic E-state index is 0.0434. The van der Waals surface area contributed by atoms with Crippen molar-refractivity contribution < 1.29 is 23.5 Å². The smallest absolute Gasteiger partial charge is 0.246 e. The van der Waals surface area contributed by atoms with Crippen LogP contribution in [0.5, 0.6) is 11.5 Å². The van der Waals surface area contributed by atoms with Crippen LogP contribution < -0.4 is 14.9 Å². The van der Waals surface area contributed by atoms with Crippen molar-refractivity contribution >= 4 is 28.7 Å². The number of aryl methyl sites for hydroxylation is 1. The van der Waals surface area contributed by atoms with Crippen molar-refractivity contribution in [3.63, 3.8) is 0 Å². The van der Waals surface area contributed by atoms with Crippen molar-refractivity contribution in [2.45, 2.75) is 31.8 Å². The van der Waals surface area contributed by atoms with Crippen molar-refractivity contribution in [2.75, 3.05) is 20.2 Å². The maximum Gasteiger partial charge on any atom is 0.246 e. The van der Waals surface area contributed by atoms with Crippen LogP contribution in [0, 0.1) is 6.92 Å². The molecule has 2 aliphatic heterocycles. The summed E-state index contributed by atoms with van der Waals surface area (Å²) in [6.45, 7) is 2.83. The lowest BCUT2D eigenvalue weighted by atomic mass is 9.82. The first-order chi connectivity index (χ1) is 16.4. The maximum atomic E-state index is 12.8. The number of carbonyl (C=O) groups is 2. The molecule has 7 heteroatoms. The van der Waals surface area contributed by atoms with Crippen LogP contribution in [0.2, 0.25) is 0 Å². The zero-order valence-electron chi connectivity index (χ0n) is 19.1. The summed E-state index contributed by atoms with van der Waals surface area (Å²) >= 11 is 0. The second-order valence-electron chi connectivity index (χ2n) is 8.93. The van der Waals surface area contributed by atoms with Crippen molar-refractivity contribution in [3.8, 4) is 11.5 Å². The monoisotopic (exact) mass is 459 g/mol. The Hall–Kier alpha value is -3.87. The molecule has 3 aromatic rings. The lowest BCUT2D eigenvalue weighted by Gasteiger charge is -2.43. The number of ketones is 1. The summed E-state index contributed by atoms with van der Waals surface area (Å²) in [5.41, 5.74) is 1.58. The molecule has 0 N–H and O–H groups in total. The molecule has 34 heavy (non-hydrogen) atoms. The van der Waals surface area contributed by atoms with Crippen LogP contribution in [0.4, 0.5) is 0 Å². The second-order valence-corrected chi connectivity index (χ2v) is 8.93. The molecule has 1 spiro atoms. The summed E-state index contributed by atoms with van der Waals surface area (Å²) in [5.74, 6) is 1.02. The number of fused-ring (bicyclic) bond motifs is 2. The number of piperidine rings is 1. The Morgan fingerprint density at radius 3 is 2.68 bits per heavy atom. The quantitative estimate of drug-likeness (QED) is 0.547. The SMILES string of the molecule is COc1ccc2c(c1)OC1(CCN(C(=O)/C=C/c3coc4ccc(C)cc4c3=O)CC1)CC2=O. The van der Waals surface area contributed by atoms with Gasteiger partial charge in [-0.1, -0.05) is 11.6 Å². The summed E-state index contributed by atoms with van der Waals surface area (Å²) in [6, 6.07) is 10.7. The second kappa shape index (κ2) is 8.48. The molecule has 1 saturated heterocycles. The van der Waals surface area contributed by atoms with Gasteiger partial charge in [0, 0.05) is 38.1 Å². The molecule has 0 aliphatic carbocycles. The Labute approximate surface area is 196 Å². The van der Waals surface area contributed by atoms with Gasteiger partial charge in [0.1, 0.15) is 28.9 Å². The van der Waals surface area contributed by atoms with Crippen molar-refractivity contribution in [2.24, 2.45) is 0 Å². The van der Waals surface area contributed by atoms with E-state index in [0.29, 0.717) is 65.9 Å². The summed E-state index contributed by atoms with van der Waals surface area (Å²) in [5, 5.41) is 0.491. The molecule has 2 aromatic carbocycles. The number of Topliss-reactive ketones (excluding diaryl/α,β-unsaturated/α-hetero) is 1. The highest BCUT2D eigenvalue weighted by atomic mass is 16.5. The van der Waals surface area contributed by atoms with E-state index in [1.807, 2.05) is 13.0 Å². The molecule has 5 rings (SSSR count). The molecule has 3 heterocycles. The fourth-order valence-electron chi connectivity index (χ4n) is 4.66. The van der Waals surface area contributed by atoms with Gasteiger partial charge < -0.3 is 18.8 Å². The third-order valence-corrected chi connectivity index (χ3v) is 6.64. The van der Waals surface area contributed by atoms with Gasteiger partial charge >= 0.3 is 0 Å². The van der Waals surface area contributed by atoms with Crippen LogP contribution in [0.15, 0.2) is 57.9 Å². The first-order valence-electron chi connectivity index (χ1n) is 11.3. The first kappa shape index (κ1) is 21.9. The van der Waals surface area contributed by atoms with Crippen LogP contribution in [0.3, 0.4) is 0 Å². The van der Waals surface area contributed by atoms with Gasteiger partial charge in [0.25, 0.3) is 0 Å². The minimum Gasteiger partial charge on any atom is -0.497 e. The molecule has 0 unspecified atom stereocenters. The molecule has 0 saturated carbocycles. The van der Waals surface area contributed by atoms with Crippen molar-refractivity contribution in [1.82, 2.24) is 4.90 Å². The highest BCUT2D eigenvalue weighted by Crippen LogP contribution is 2.40. The summed E-state index contributed by atoms with van der Waals surface area (Å²) in [7, 11) is 1.57. The fourth-order valence-corrected chi connectivity index (χ4v) is 4.66. The number of benzene rings is 2. The van der Waals surface area contributed by atoms with E-state index in [0.717, 1.165) is 5.56 Å². The minimum atomic E-state index is -0.617. The third kappa shape index (κ3) is 3.98. The fraction of sp³-hybridized carbons (Fsp3) is 0.296. The number of amides is 1. The molecular formula is C27H25NO6. The van der Waals surface area contributed by atoms with E-state index in [1.165, 1.54) is 18.4 Å². The Kier molecular flexibility index (Phi) is 5.48. The van der Waals surface area contributed by atoms with Gasteiger partial charge in [-0.3, -0.25) is 14.4 Å². The van der Waals surface area contributed by atoms with Crippen molar-refractivity contribution in [1.29, 1.82) is 0 Å². The summed E-state index contributed by atoms with van der Waals surface area (Å²) in [4.78, 5) is 40.0. The van der Waals surface area contributed by atoms with Crippen LogP contribution >= 0.6 is 0 Å². The van der Waals surface area contributed by atoms with E-state index in [2.05, 4.69) is 0 Å². The molecule has 0 atom stereocenters. The lowest BCUT2D eigenvalue weighted by molar-refractivity contribution is -0.129. The maximum absolute atomic E-state index is 12.8. The number of likely N-dealkylation sites (tertiary alicyclic amines) is 1. The van der Waals surface area contributed by atoms with Gasteiger partial charge in [0.2, 0.25) is 5.91 Å². The normalized spacial score (nSPS) is 17.1. The van der Waals surface area contributed by atoms with Gasteiger partial charge in [-0.2, -0.15) is 0 Å². The largest absolute Gasteiger partial charge is 0.497 e. The molecule has 2 aliphatic rings. The van der Waals surface area contributed by atoms with Gasteiger partial charge in [-0.15, -0.1) is 0 Å². The van der Waals surface area contributed by atoms with Crippen LogP contribution in [-0.4, -0.2) is 42.4 Å². The highest BCUT2D eigenvalue weighted by Gasteiger charge is 2.43. The number of hydrogen-bond acceptors (Lipinski definition) is 6. The molecule has 1 fully saturated rings. The number of carbonyl (C=O) groups excluding carboxylic acids is 2. The van der Waals surface area contributed by atoms with Gasteiger partial charge in [-0.05, 0) is 37.3 Å². The average molecular weight is 459 g/mol. The molecule has 1 aromatic heterocycles. The van der Waals surface area contributed by atoms with Crippen LogP contribution in [-0.2, 0) is 4.79 Å². The zero-order valence-corrected chi connectivity index (χ0v) is 19.1. The molecule has 7 nitrogen and oxygen atoms in total.